The summed E-state index contributed by atoms with van der Waals surface area (Å²) in [5, 5.41) is 8.70. The third kappa shape index (κ3) is 3.09. The molecule has 1 atom stereocenters. The van der Waals surface area contributed by atoms with E-state index in [1.54, 1.807) is 0 Å². The SMILES string of the molecule is C[C@@H](ONC(=O)OCC1c2ccccc2-c2ccccc21)C(=O)O. The minimum Gasteiger partial charge on any atom is -0.479 e. The Kier molecular flexibility index (Phi) is 4.48. The lowest BCUT2D eigenvalue weighted by molar-refractivity contribution is -0.152. The molecule has 0 spiro atoms. The number of carbonyl (C=O) groups excluding carboxylic acids is 1. The number of aliphatic carboxylic acids is 1. The second-order valence-electron chi connectivity index (χ2n) is 5.53. The van der Waals surface area contributed by atoms with Gasteiger partial charge in [0.2, 0.25) is 0 Å². The highest BCUT2D eigenvalue weighted by atomic mass is 16.7. The minimum absolute atomic E-state index is 0.0555. The van der Waals surface area contributed by atoms with Gasteiger partial charge in [0, 0.05) is 5.92 Å². The molecule has 0 aromatic heterocycles. The van der Waals surface area contributed by atoms with Gasteiger partial charge in [0.05, 0.1) is 0 Å². The standard InChI is InChI=1S/C18H17NO5/c1-11(17(20)21)24-19-18(22)23-10-16-14-8-4-2-6-12(14)13-7-3-5-9-15(13)16/h2-9,11,16H,10H2,1H3,(H,19,22)(H,20,21)/t11-/m1/s1. The molecule has 2 aromatic carbocycles. The largest absolute Gasteiger partial charge is 0.479 e. The summed E-state index contributed by atoms with van der Waals surface area (Å²) in [5.74, 6) is -1.23. The lowest BCUT2D eigenvalue weighted by Crippen LogP contribution is -2.33. The van der Waals surface area contributed by atoms with Crippen molar-refractivity contribution >= 4 is 12.1 Å². The highest BCUT2D eigenvalue weighted by Crippen LogP contribution is 2.44. The Balaban J connectivity index is 1.67. The smallest absolute Gasteiger partial charge is 0.431 e. The lowest BCUT2D eigenvalue weighted by atomic mass is 9.98. The van der Waals surface area contributed by atoms with Crippen LogP contribution in [0.2, 0.25) is 0 Å². The van der Waals surface area contributed by atoms with Crippen molar-refractivity contribution in [3.8, 4) is 11.1 Å². The maximum absolute atomic E-state index is 11.7. The van der Waals surface area contributed by atoms with Crippen LogP contribution in [0.25, 0.3) is 11.1 Å². The predicted octanol–water partition coefficient (Wildman–Crippen LogP) is 2.93. The Morgan fingerprint density at radius 3 is 2.17 bits per heavy atom. The topological polar surface area (TPSA) is 84.9 Å². The number of ether oxygens (including phenoxy) is 1. The van der Waals surface area contributed by atoms with Crippen LogP contribution in [0.5, 0.6) is 0 Å². The summed E-state index contributed by atoms with van der Waals surface area (Å²) in [7, 11) is 0. The van der Waals surface area contributed by atoms with Gasteiger partial charge in [-0.2, -0.15) is 5.48 Å². The van der Waals surface area contributed by atoms with E-state index in [2.05, 4.69) is 0 Å². The summed E-state index contributed by atoms with van der Waals surface area (Å²) in [5.41, 5.74) is 6.47. The van der Waals surface area contributed by atoms with Crippen molar-refractivity contribution < 1.29 is 24.3 Å². The molecule has 6 nitrogen and oxygen atoms in total. The summed E-state index contributed by atoms with van der Waals surface area (Å²) >= 11 is 0. The maximum atomic E-state index is 11.7. The lowest BCUT2D eigenvalue weighted by Gasteiger charge is -2.15. The van der Waals surface area contributed by atoms with E-state index >= 15 is 0 Å². The summed E-state index contributed by atoms with van der Waals surface area (Å²) in [6.07, 6.45) is -1.96. The molecule has 1 amide bonds. The zero-order valence-electron chi connectivity index (χ0n) is 13.1. The molecule has 0 heterocycles. The number of benzene rings is 2. The van der Waals surface area contributed by atoms with Crippen molar-refractivity contribution in [1.82, 2.24) is 5.48 Å². The van der Waals surface area contributed by atoms with E-state index in [1.807, 2.05) is 54.0 Å². The number of hydrogen-bond acceptors (Lipinski definition) is 4. The Morgan fingerprint density at radius 2 is 1.62 bits per heavy atom. The van der Waals surface area contributed by atoms with E-state index in [0.29, 0.717) is 0 Å². The van der Waals surface area contributed by atoms with Crippen molar-refractivity contribution in [2.45, 2.75) is 18.9 Å². The first kappa shape index (κ1) is 16.0. The van der Waals surface area contributed by atoms with Crippen molar-refractivity contribution in [2.75, 3.05) is 6.61 Å². The number of amides is 1. The monoisotopic (exact) mass is 327 g/mol. The molecule has 24 heavy (non-hydrogen) atoms. The predicted molar refractivity (Wildman–Crippen MR) is 86.4 cm³/mol. The first-order valence-electron chi connectivity index (χ1n) is 7.57. The molecular formula is C18H17NO5. The van der Waals surface area contributed by atoms with Gasteiger partial charge in [-0.05, 0) is 29.2 Å². The van der Waals surface area contributed by atoms with E-state index in [4.69, 9.17) is 14.7 Å². The number of carboxylic acid groups (broad SMARTS) is 1. The van der Waals surface area contributed by atoms with Crippen LogP contribution in [0.1, 0.15) is 24.0 Å². The third-order valence-corrected chi connectivity index (χ3v) is 4.01. The van der Waals surface area contributed by atoms with Gasteiger partial charge in [-0.15, -0.1) is 0 Å². The summed E-state index contributed by atoms with van der Waals surface area (Å²) in [6, 6.07) is 16.0. The van der Waals surface area contributed by atoms with E-state index in [-0.39, 0.29) is 12.5 Å². The first-order chi connectivity index (χ1) is 11.6. The highest BCUT2D eigenvalue weighted by molar-refractivity contribution is 5.79. The molecular weight excluding hydrogens is 310 g/mol. The summed E-state index contributed by atoms with van der Waals surface area (Å²) < 4.78 is 5.20. The van der Waals surface area contributed by atoms with Crippen molar-refractivity contribution in [2.24, 2.45) is 0 Å². The van der Waals surface area contributed by atoms with Crippen LogP contribution in [0, 0.1) is 0 Å². The summed E-state index contributed by atoms with van der Waals surface area (Å²) in [4.78, 5) is 27.0. The molecule has 124 valence electrons. The molecule has 0 radical (unpaired) electrons. The molecule has 0 unspecified atom stereocenters. The van der Waals surface area contributed by atoms with Gasteiger partial charge in [0.15, 0.2) is 6.10 Å². The average molecular weight is 327 g/mol. The Hall–Kier alpha value is -2.86. The molecule has 3 rings (SSSR count). The molecule has 0 saturated heterocycles. The van der Waals surface area contributed by atoms with Crippen LogP contribution in [0.15, 0.2) is 48.5 Å². The zero-order chi connectivity index (χ0) is 17.1. The van der Waals surface area contributed by atoms with Crippen LogP contribution in [-0.4, -0.2) is 29.9 Å². The Labute approximate surface area is 139 Å². The van der Waals surface area contributed by atoms with E-state index in [9.17, 15) is 9.59 Å². The normalized spacial score (nSPS) is 13.7. The minimum atomic E-state index is -1.17. The van der Waals surface area contributed by atoms with Crippen LogP contribution < -0.4 is 5.48 Å². The second-order valence-corrected chi connectivity index (χ2v) is 5.53. The van der Waals surface area contributed by atoms with Crippen molar-refractivity contribution in [1.29, 1.82) is 0 Å². The van der Waals surface area contributed by atoms with E-state index in [0.717, 1.165) is 22.3 Å². The van der Waals surface area contributed by atoms with Gasteiger partial charge in [-0.25, -0.2) is 9.59 Å². The van der Waals surface area contributed by atoms with E-state index in [1.165, 1.54) is 6.92 Å². The van der Waals surface area contributed by atoms with E-state index < -0.39 is 18.2 Å². The van der Waals surface area contributed by atoms with Gasteiger partial charge >= 0.3 is 12.1 Å². The number of carboxylic acids is 1. The molecule has 0 saturated carbocycles. The molecule has 0 aliphatic heterocycles. The number of hydrogen-bond donors (Lipinski definition) is 2. The quantitative estimate of drug-likeness (QED) is 0.825. The number of hydroxylamine groups is 1. The van der Waals surface area contributed by atoms with Crippen LogP contribution in [-0.2, 0) is 14.4 Å². The van der Waals surface area contributed by atoms with Gasteiger partial charge in [-0.1, -0.05) is 48.5 Å². The molecule has 2 N–H and O–H groups in total. The molecule has 0 fully saturated rings. The van der Waals surface area contributed by atoms with Crippen LogP contribution in [0.3, 0.4) is 0 Å². The van der Waals surface area contributed by atoms with Crippen molar-refractivity contribution in [3.63, 3.8) is 0 Å². The zero-order valence-corrected chi connectivity index (χ0v) is 13.1. The molecule has 0 bridgehead atoms. The molecule has 1 aliphatic carbocycles. The first-order valence-corrected chi connectivity index (χ1v) is 7.57. The van der Waals surface area contributed by atoms with Gasteiger partial charge < -0.3 is 9.84 Å². The van der Waals surface area contributed by atoms with Gasteiger partial charge in [-0.3, -0.25) is 4.84 Å². The number of carbonyl (C=O) groups is 2. The third-order valence-electron chi connectivity index (χ3n) is 4.01. The van der Waals surface area contributed by atoms with Gasteiger partial charge in [0.1, 0.15) is 6.61 Å². The van der Waals surface area contributed by atoms with Crippen molar-refractivity contribution in [3.05, 3.63) is 59.7 Å². The Morgan fingerprint density at radius 1 is 1.08 bits per heavy atom. The number of rotatable bonds is 5. The van der Waals surface area contributed by atoms with Crippen LogP contribution in [0.4, 0.5) is 4.79 Å². The Bertz CT molecular complexity index is 728. The molecule has 6 heteroatoms. The molecule has 2 aromatic rings. The van der Waals surface area contributed by atoms with Crippen LogP contribution >= 0.6 is 0 Å². The highest BCUT2D eigenvalue weighted by Gasteiger charge is 2.29. The fraction of sp³-hybridized carbons (Fsp3) is 0.222. The fourth-order valence-corrected chi connectivity index (χ4v) is 2.81. The summed E-state index contributed by atoms with van der Waals surface area (Å²) in [6.45, 7) is 1.46. The average Bonchev–Trinajstić information content (AvgIpc) is 2.92. The number of nitrogens with one attached hydrogen (secondary N) is 1. The number of fused-ring (bicyclic) bond motifs is 3. The maximum Gasteiger partial charge on any atom is 0.431 e. The fourth-order valence-electron chi connectivity index (χ4n) is 2.81. The molecule has 1 aliphatic rings. The van der Waals surface area contributed by atoms with Gasteiger partial charge in [0.25, 0.3) is 0 Å². The second kappa shape index (κ2) is 6.72.